The van der Waals surface area contributed by atoms with Gasteiger partial charge in [-0.3, -0.25) is 4.99 Å². The van der Waals surface area contributed by atoms with Gasteiger partial charge < -0.3 is 11.6 Å². The Hall–Kier alpha value is -0.914. The number of hydrogen-bond donors (Lipinski definition) is 0. The Balaban J connectivity index is 0.00000110. The number of hydrogen-bond acceptors (Lipinski definition) is 3. The van der Waals surface area contributed by atoms with E-state index in [0.29, 0.717) is 5.25 Å². The van der Waals surface area contributed by atoms with E-state index in [1.54, 1.807) is 0 Å². The molecule has 3 nitrogen and oxygen atoms in total. The molecule has 0 spiro atoms. The van der Waals surface area contributed by atoms with Crippen molar-refractivity contribution < 1.29 is 1.43 Å². The molecule has 1 aliphatic carbocycles. The maximum atomic E-state index is 4.74. The van der Waals surface area contributed by atoms with Gasteiger partial charge in [-0.25, -0.2) is 0 Å². The molecule has 5 heteroatoms. The van der Waals surface area contributed by atoms with Crippen molar-refractivity contribution in [1.29, 1.82) is 0 Å². The third-order valence-corrected chi connectivity index (χ3v) is 4.47. The molecule has 1 atom stereocenters. The summed E-state index contributed by atoms with van der Waals surface area (Å²) in [4.78, 5) is 8.08. The Morgan fingerprint density at radius 3 is 2.80 bits per heavy atom. The molecule has 2 aliphatic rings. The average Bonchev–Trinajstić information content (AvgIpc) is 2.43. The molecule has 0 saturated heterocycles. The van der Waals surface area contributed by atoms with Gasteiger partial charge in [-0.2, -0.15) is 0 Å². The molecule has 1 aliphatic heterocycles. The molecule has 20 heavy (non-hydrogen) atoms. The van der Waals surface area contributed by atoms with Gasteiger partial charge in [-0.15, -0.1) is 24.5 Å². The SMILES string of the molecule is C[N-]c1ccc2c(c1)SC1C=C(N(C)C)C=CC1=N2.[H-].[Mg+2]. The molecule has 1 unspecified atom stereocenters. The van der Waals surface area contributed by atoms with Crippen LogP contribution in [0.2, 0.25) is 0 Å². The second-order valence-corrected chi connectivity index (χ2v) is 5.95. The van der Waals surface area contributed by atoms with Crippen LogP contribution in [0, 0.1) is 0 Å². The van der Waals surface area contributed by atoms with E-state index < -0.39 is 0 Å². The molecule has 1 aromatic rings. The van der Waals surface area contributed by atoms with Gasteiger partial charge in [-0.1, -0.05) is 12.1 Å². The van der Waals surface area contributed by atoms with E-state index in [1.165, 1.54) is 10.6 Å². The maximum Gasteiger partial charge on any atom is 2.00 e. The normalized spacial score (nSPS) is 19.1. The van der Waals surface area contributed by atoms with Crippen LogP contribution < -0.4 is 0 Å². The van der Waals surface area contributed by atoms with Gasteiger partial charge >= 0.3 is 23.1 Å². The molecular weight excluding hydrogens is 279 g/mol. The van der Waals surface area contributed by atoms with E-state index in [0.717, 1.165) is 17.1 Å². The maximum absolute atomic E-state index is 4.74. The standard InChI is InChI=1S/C15H16N3S.Mg.H/c1-16-10-4-6-12-14(8-10)19-15-9-11(18(2)3)5-7-13(15)17-12;;/h4-9,15H,1-3H3;;/q-1;+2;-1. The topological polar surface area (TPSA) is 29.7 Å². The first-order valence-corrected chi connectivity index (χ1v) is 7.11. The molecule has 0 radical (unpaired) electrons. The van der Waals surface area contributed by atoms with Gasteiger partial charge in [-0.05, 0) is 24.3 Å². The zero-order valence-electron chi connectivity index (χ0n) is 13.0. The number of benzene rings is 1. The summed E-state index contributed by atoms with van der Waals surface area (Å²) in [6, 6.07) is 6.17. The summed E-state index contributed by atoms with van der Waals surface area (Å²) >= 11 is 1.85. The van der Waals surface area contributed by atoms with Crippen LogP contribution in [-0.2, 0) is 0 Å². The van der Waals surface area contributed by atoms with Crippen molar-refractivity contribution >= 4 is 51.9 Å². The van der Waals surface area contributed by atoms with Crippen LogP contribution in [0.4, 0.5) is 11.4 Å². The predicted octanol–water partition coefficient (Wildman–Crippen LogP) is 3.62. The number of fused-ring (bicyclic) bond motifs is 2. The fourth-order valence-electron chi connectivity index (χ4n) is 2.16. The van der Waals surface area contributed by atoms with Crippen LogP contribution >= 0.6 is 11.8 Å². The quantitative estimate of drug-likeness (QED) is 0.780. The molecular formula is C15H17MgN3S. The van der Waals surface area contributed by atoms with E-state index in [1.807, 2.05) is 30.9 Å². The van der Waals surface area contributed by atoms with E-state index in [4.69, 9.17) is 4.99 Å². The third kappa shape index (κ3) is 2.89. The van der Waals surface area contributed by atoms with Crippen LogP contribution in [0.1, 0.15) is 1.43 Å². The Labute approximate surface area is 141 Å². The van der Waals surface area contributed by atoms with Gasteiger partial charge in [0.2, 0.25) is 0 Å². The Morgan fingerprint density at radius 2 is 2.10 bits per heavy atom. The van der Waals surface area contributed by atoms with Gasteiger partial charge in [0.05, 0.1) is 16.6 Å². The van der Waals surface area contributed by atoms with Crippen molar-refractivity contribution in [2.24, 2.45) is 4.99 Å². The summed E-state index contributed by atoms with van der Waals surface area (Å²) in [7, 11) is 5.94. The monoisotopic (exact) mass is 295 g/mol. The fraction of sp³-hybridized carbons (Fsp3) is 0.267. The van der Waals surface area contributed by atoms with Crippen LogP contribution in [0.3, 0.4) is 0 Å². The van der Waals surface area contributed by atoms with E-state index in [2.05, 4.69) is 48.6 Å². The van der Waals surface area contributed by atoms with Gasteiger partial charge in [0.1, 0.15) is 0 Å². The molecule has 0 amide bonds. The summed E-state index contributed by atoms with van der Waals surface area (Å²) < 4.78 is 0. The van der Waals surface area contributed by atoms with Crippen LogP contribution in [0.15, 0.2) is 52.0 Å². The van der Waals surface area contributed by atoms with Crippen molar-refractivity contribution in [3.05, 3.63) is 47.4 Å². The zero-order chi connectivity index (χ0) is 13.4. The molecule has 0 saturated carbocycles. The molecule has 3 rings (SSSR count). The number of likely N-dealkylation sites (N-methyl/N-ethyl adjacent to an activating group) is 1. The molecule has 0 N–H and O–H groups in total. The Kier molecular flexibility index (Phi) is 4.83. The number of thioether (sulfide) groups is 1. The first-order chi connectivity index (χ1) is 9.17. The minimum Gasteiger partial charge on any atom is -1.00 e. The van der Waals surface area contributed by atoms with E-state index in [9.17, 15) is 0 Å². The van der Waals surface area contributed by atoms with E-state index >= 15 is 0 Å². The number of nitrogens with zero attached hydrogens (tertiary/aromatic N) is 3. The summed E-state index contributed by atoms with van der Waals surface area (Å²) in [5.74, 6) is 0. The zero-order valence-corrected chi connectivity index (χ0v) is 14.2. The van der Waals surface area contributed by atoms with Crippen LogP contribution in [0.25, 0.3) is 5.32 Å². The van der Waals surface area contributed by atoms with Crippen molar-refractivity contribution in [2.75, 3.05) is 21.1 Å². The van der Waals surface area contributed by atoms with Crippen LogP contribution in [0.5, 0.6) is 0 Å². The summed E-state index contributed by atoms with van der Waals surface area (Å²) in [5.41, 5.74) is 4.42. The van der Waals surface area contributed by atoms with Gasteiger partial charge in [0.25, 0.3) is 0 Å². The van der Waals surface area contributed by atoms with Gasteiger partial charge in [0.15, 0.2) is 0 Å². The second kappa shape index (κ2) is 6.24. The smallest absolute Gasteiger partial charge is 1.00 e. The molecule has 0 fully saturated rings. The molecule has 100 valence electrons. The molecule has 0 aromatic heterocycles. The van der Waals surface area contributed by atoms with Crippen LogP contribution in [-0.4, -0.2) is 60.1 Å². The van der Waals surface area contributed by atoms with Crippen molar-refractivity contribution in [3.8, 4) is 0 Å². The average molecular weight is 296 g/mol. The summed E-state index contributed by atoms with van der Waals surface area (Å²) in [6.07, 6.45) is 6.51. The summed E-state index contributed by atoms with van der Waals surface area (Å²) in [6.45, 7) is 0. The minimum atomic E-state index is 0. The molecule has 1 aromatic carbocycles. The largest absolute Gasteiger partial charge is 2.00 e. The van der Waals surface area contributed by atoms with Crippen molar-refractivity contribution in [2.45, 2.75) is 10.1 Å². The Bertz CT molecular complexity index is 611. The summed E-state index contributed by atoms with van der Waals surface area (Å²) in [5, 5.41) is 4.53. The Morgan fingerprint density at radius 1 is 1.30 bits per heavy atom. The molecule has 1 heterocycles. The first-order valence-electron chi connectivity index (χ1n) is 6.24. The minimum absolute atomic E-state index is 0. The van der Waals surface area contributed by atoms with Crippen molar-refractivity contribution in [1.82, 2.24) is 4.90 Å². The van der Waals surface area contributed by atoms with Crippen molar-refractivity contribution in [3.63, 3.8) is 0 Å². The first kappa shape index (κ1) is 15.5. The number of allylic oxidation sites excluding steroid dienone is 2. The fourth-order valence-corrected chi connectivity index (χ4v) is 3.32. The third-order valence-electron chi connectivity index (χ3n) is 3.26. The number of rotatable bonds is 2. The number of aliphatic imine (C=N–C) groups is 1. The molecule has 0 bridgehead atoms. The predicted molar refractivity (Wildman–Crippen MR) is 89.9 cm³/mol. The second-order valence-electron chi connectivity index (χ2n) is 4.77. The van der Waals surface area contributed by atoms with Gasteiger partial charge in [0, 0.05) is 24.7 Å². The van der Waals surface area contributed by atoms with E-state index in [-0.39, 0.29) is 24.5 Å².